The number of hydrogen-bond donors (Lipinski definition) is 1. The van der Waals surface area contributed by atoms with Gasteiger partial charge < -0.3 is 4.74 Å². The highest BCUT2D eigenvalue weighted by Gasteiger charge is 2.11. The largest absolute Gasteiger partial charge is 0.481 e. The summed E-state index contributed by atoms with van der Waals surface area (Å²) in [5.74, 6) is 2.84. The lowest BCUT2D eigenvalue weighted by molar-refractivity contribution is 0.370. The van der Waals surface area contributed by atoms with Crippen LogP contribution < -0.4 is 9.88 Å². The number of rotatable bonds is 3. The van der Waals surface area contributed by atoms with Gasteiger partial charge in [-0.2, -0.15) is 0 Å². The van der Waals surface area contributed by atoms with Crippen LogP contribution in [0.2, 0.25) is 0 Å². The monoisotopic (exact) mass is 225 g/mol. The van der Waals surface area contributed by atoms with Crippen molar-refractivity contribution >= 4 is 10.0 Å². The number of sulfonamides is 1. The molecule has 0 fully saturated rings. The van der Waals surface area contributed by atoms with E-state index in [2.05, 4.69) is 5.92 Å². The topological polar surface area (TPSA) is 69.4 Å². The molecule has 1 rings (SSSR count). The van der Waals surface area contributed by atoms with Gasteiger partial charge in [0.2, 0.25) is 10.0 Å². The second-order valence-electron chi connectivity index (χ2n) is 2.97. The van der Waals surface area contributed by atoms with Crippen molar-refractivity contribution in [2.75, 3.05) is 6.61 Å². The molecule has 80 valence electrons. The molecule has 0 aromatic heterocycles. The summed E-state index contributed by atoms with van der Waals surface area (Å²) in [6.07, 6.45) is 5.02. The van der Waals surface area contributed by atoms with Gasteiger partial charge in [-0.1, -0.05) is 5.92 Å². The van der Waals surface area contributed by atoms with Gasteiger partial charge >= 0.3 is 0 Å². The molecule has 5 heteroatoms. The van der Waals surface area contributed by atoms with Gasteiger partial charge in [-0.15, -0.1) is 6.42 Å². The van der Waals surface area contributed by atoms with Crippen LogP contribution in [0, 0.1) is 19.3 Å². The van der Waals surface area contributed by atoms with Crippen molar-refractivity contribution in [2.45, 2.75) is 11.8 Å². The van der Waals surface area contributed by atoms with Crippen LogP contribution in [-0.2, 0) is 10.0 Å². The number of ether oxygens (including phenoxy) is 1. The maximum atomic E-state index is 11.1. The highest BCUT2D eigenvalue weighted by molar-refractivity contribution is 7.89. The van der Waals surface area contributed by atoms with Crippen LogP contribution in [0.4, 0.5) is 0 Å². The smallest absolute Gasteiger partial charge is 0.238 e. The van der Waals surface area contributed by atoms with Crippen molar-refractivity contribution in [3.63, 3.8) is 0 Å². The number of aryl methyl sites for hydroxylation is 1. The fourth-order valence-electron chi connectivity index (χ4n) is 1.16. The lowest BCUT2D eigenvalue weighted by atomic mass is 10.2. The van der Waals surface area contributed by atoms with Crippen molar-refractivity contribution in [1.29, 1.82) is 0 Å². The summed E-state index contributed by atoms with van der Waals surface area (Å²) < 4.78 is 27.3. The number of nitrogens with two attached hydrogens (primary N) is 1. The molecule has 0 aliphatic heterocycles. The third-order valence-corrected chi connectivity index (χ3v) is 2.85. The molecule has 0 aliphatic rings. The first kappa shape index (κ1) is 11.6. The zero-order valence-electron chi connectivity index (χ0n) is 8.23. The van der Waals surface area contributed by atoms with Crippen LogP contribution in [0.5, 0.6) is 5.75 Å². The molecule has 15 heavy (non-hydrogen) atoms. The standard InChI is InChI=1S/C10H11NO3S/c1-3-6-14-9-4-5-10(8(2)7-9)15(11,12)13/h1,4-5,7H,6H2,2H3,(H2,11,12,13). The lowest BCUT2D eigenvalue weighted by Gasteiger charge is -2.06. The Bertz CT molecular complexity index is 500. The summed E-state index contributed by atoms with van der Waals surface area (Å²) in [5.41, 5.74) is 0.534. The highest BCUT2D eigenvalue weighted by atomic mass is 32.2. The molecule has 0 atom stereocenters. The van der Waals surface area contributed by atoms with Gasteiger partial charge in [0, 0.05) is 0 Å². The van der Waals surface area contributed by atoms with Gasteiger partial charge in [0.15, 0.2) is 0 Å². The summed E-state index contributed by atoms with van der Waals surface area (Å²) in [5, 5.41) is 5.01. The van der Waals surface area contributed by atoms with Crippen LogP contribution in [0.15, 0.2) is 23.1 Å². The zero-order chi connectivity index (χ0) is 11.5. The van der Waals surface area contributed by atoms with E-state index in [9.17, 15) is 8.42 Å². The van der Waals surface area contributed by atoms with Crippen LogP contribution >= 0.6 is 0 Å². The van der Waals surface area contributed by atoms with Gasteiger partial charge in [0.05, 0.1) is 4.90 Å². The molecule has 4 nitrogen and oxygen atoms in total. The van der Waals surface area contributed by atoms with Crippen molar-refractivity contribution in [3.8, 4) is 18.1 Å². The van der Waals surface area contributed by atoms with Crippen LogP contribution in [0.25, 0.3) is 0 Å². The maximum absolute atomic E-state index is 11.1. The molecule has 0 spiro atoms. The minimum Gasteiger partial charge on any atom is -0.481 e. The number of terminal acetylenes is 1. The van der Waals surface area contributed by atoms with Crippen LogP contribution in [0.3, 0.4) is 0 Å². The molecule has 0 saturated heterocycles. The Kier molecular flexibility index (Phi) is 3.35. The summed E-state index contributed by atoms with van der Waals surface area (Å²) >= 11 is 0. The molecule has 0 saturated carbocycles. The molecule has 0 bridgehead atoms. The Balaban J connectivity index is 3.05. The van der Waals surface area contributed by atoms with Crippen molar-refractivity contribution in [1.82, 2.24) is 0 Å². The van der Waals surface area contributed by atoms with Crippen molar-refractivity contribution in [3.05, 3.63) is 23.8 Å². The average Bonchev–Trinajstić information content (AvgIpc) is 2.12. The third-order valence-electron chi connectivity index (χ3n) is 1.78. The molecule has 1 aromatic rings. The minimum absolute atomic E-state index is 0.0931. The molecule has 0 amide bonds. The van der Waals surface area contributed by atoms with Gasteiger partial charge in [-0.25, -0.2) is 13.6 Å². The Morgan fingerprint density at radius 3 is 2.67 bits per heavy atom. The van der Waals surface area contributed by atoms with Gasteiger partial charge in [0.25, 0.3) is 0 Å². The molecular formula is C10H11NO3S. The molecule has 1 aromatic carbocycles. The minimum atomic E-state index is -3.67. The lowest BCUT2D eigenvalue weighted by Crippen LogP contribution is -2.13. The second kappa shape index (κ2) is 4.34. The molecule has 0 heterocycles. The zero-order valence-corrected chi connectivity index (χ0v) is 9.04. The Morgan fingerprint density at radius 2 is 2.20 bits per heavy atom. The molecule has 0 unspecified atom stereocenters. The Hall–Kier alpha value is -1.51. The van der Waals surface area contributed by atoms with E-state index < -0.39 is 10.0 Å². The maximum Gasteiger partial charge on any atom is 0.238 e. The number of benzene rings is 1. The molecule has 2 N–H and O–H groups in total. The van der Waals surface area contributed by atoms with E-state index in [1.807, 2.05) is 0 Å². The van der Waals surface area contributed by atoms with E-state index in [1.54, 1.807) is 13.0 Å². The van der Waals surface area contributed by atoms with Gasteiger partial charge in [-0.3, -0.25) is 0 Å². The fraction of sp³-hybridized carbons (Fsp3) is 0.200. The first-order valence-corrected chi connectivity index (χ1v) is 5.69. The predicted molar refractivity (Wildman–Crippen MR) is 56.9 cm³/mol. The number of primary sulfonamides is 1. The first-order valence-electron chi connectivity index (χ1n) is 4.15. The summed E-state index contributed by atoms with van der Waals surface area (Å²) in [7, 11) is -3.67. The van der Waals surface area contributed by atoms with Gasteiger partial charge in [-0.05, 0) is 30.7 Å². The Labute approximate surface area is 89.1 Å². The van der Waals surface area contributed by atoms with Crippen molar-refractivity contribution in [2.24, 2.45) is 5.14 Å². The van der Waals surface area contributed by atoms with Crippen LogP contribution in [-0.4, -0.2) is 15.0 Å². The Morgan fingerprint density at radius 1 is 1.53 bits per heavy atom. The van der Waals surface area contributed by atoms with Gasteiger partial charge in [0.1, 0.15) is 12.4 Å². The van der Waals surface area contributed by atoms with E-state index in [0.717, 1.165) is 0 Å². The highest BCUT2D eigenvalue weighted by Crippen LogP contribution is 2.19. The van der Waals surface area contributed by atoms with E-state index in [1.165, 1.54) is 12.1 Å². The quantitative estimate of drug-likeness (QED) is 0.768. The fourth-order valence-corrected chi connectivity index (χ4v) is 1.92. The normalized spacial score (nSPS) is 10.7. The number of hydrogen-bond acceptors (Lipinski definition) is 3. The van der Waals surface area contributed by atoms with E-state index in [4.69, 9.17) is 16.3 Å². The molecular weight excluding hydrogens is 214 g/mol. The third kappa shape index (κ3) is 2.98. The SMILES string of the molecule is C#CCOc1ccc(S(N)(=O)=O)c(C)c1. The summed E-state index contributed by atoms with van der Waals surface area (Å²) in [4.78, 5) is 0.0931. The van der Waals surface area contributed by atoms with Crippen molar-refractivity contribution < 1.29 is 13.2 Å². The summed E-state index contributed by atoms with van der Waals surface area (Å²) in [6.45, 7) is 1.79. The second-order valence-corrected chi connectivity index (χ2v) is 4.49. The predicted octanol–water partition coefficient (Wildman–Crippen LogP) is 0.654. The first-order chi connectivity index (χ1) is 6.95. The van der Waals surface area contributed by atoms with E-state index in [0.29, 0.717) is 11.3 Å². The molecule has 0 radical (unpaired) electrons. The average molecular weight is 225 g/mol. The van der Waals surface area contributed by atoms with E-state index >= 15 is 0 Å². The van der Waals surface area contributed by atoms with Crippen LogP contribution in [0.1, 0.15) is 5.56 Å². The summed E-state index contributed by atoms with van der Waals surface area (Å²) in [6, 6.07) is 4.50. The van der Waals surface area contributed by atoms with E-state index in [-0.39, 0.29) is 11.5 Å². The molecule has 0 aliphatic carbocycles.